The monoisotopic (exact) mass is 474 g/mol. The third-order valence-electron chi connectivity index (χ3n) is 4.80. The normalized spacial score (nSPS) is 20.9. The Morgan fingerprint density at radius 3 is 2.48 bits per heavy atom. The van der Waals surface area contributed by atoms with Crippen molar-refractivity contribution in [3.05, 3.63) is 11.6 Å². The molecule has 25 heavy (non-hydrogen) atoms. The lowest BCUT2D eigenvalue weighted by atomic mass is 10.2. The number of nitrogens with zero attached hydrogens (tertiary/aromatic N) is 3. The summed E-state index contributed by atoms with van der Waals surface area (Å²) in [7, 11) is 0. The van der Waals surface area contributed by atoms with Crippen molar-refractivity contribution >= 4 is 29.9 Å². The molecule has 0 radical (unpaired) electrons. The lowest BCUT2D eigenvalue weighted by Crippen LogP contribution is -2.56. The van der Waals surface area contributed by atoms with E-state index in [0.29, 0.717) is 26.2 Å². The van der Waals surface area contributed by atoms with Gasteiger partial charge in [0.15, 0.2) is 5.96 Å². The topological polar surface area (TPSA) is 30.9 Å². The summed E-state index contributed by atoms with van der Waals surface area (Å²) in [5.74, 6) is 0.829. The molecule has 4 nitrogen and oxygen atoms in total. The van der Waals surface area contributed by atoms with Crippen molar-refractivity contribution in [2.75, 3.05) is 39.3 Å². The van der Waals surface area contributed by atoms with Crippen LogP contribution in [0, 0.1) is 0 Å². The zero-order valence-electron chi connectivity index (χ0n) is 15.1. The molecule has 1 aliphatic carbocycles. The molecule has 0 bridgehead atoms. The highest BCUT2D eigenvalue weighted by Crippen LogP contribution is 2.25. The minimum atomic E-state index is -4.16. The van der Waals surface area contributed by atoms with Gasteiger partial charge in [0.05, 0.1) is 0 Å². The van der Waals surface area contributed by atoms with E-state index in [0.717, 1.165) is 25.5 Å². The Balaban J connectivity index is 0.00000312. The first-order valence-corrected chi connectivity index (χ1v) is 8.93. The highest BCUT2D eigenvalue weighted by Gasteiger charge is 2.41. The van der Waals surface area contributed by atoms with E-state index in [4.69, 9.17) is 0 Å². The lowest BCUT2D eigenvalue weighted by Gasteiger charge is -2.39. The zero-order chi connectivity index (χ0) is 17.6. The van der Waals surface area contributed by atoms with Crippen LogP contribution in [0.2, 0.25) is 0 Å². The molecular formula is C17H30F3IN4. The van der Waals surface area contributed by atoms with Gasteiger partial charge in [-0.3, -0.25) is 9.89 Å². The van der Waals surface area contributed by atoms with Crippen LogP contribution >= 0.6 is 24.0 Å². The fourth-order valence-electron chi connectivity index (χ4n) is 3.22. The number of rotatable bonds is 5. The predicted octanol–water partition coefficient (Wildman–Crippen LogP) is 3.64. The SMILES string of the molecule is CCNC(=NCCC1=CCCC1)N1CCN(C(C)C(F)(F)F)CC1.I. The Morgan fingerprint density at radius 1 is 1.28 bits per heavy atom. The van der Waals surface area contributed by atoms with Crippen molar-refractivity contribution in [1.29, 1.82) is 0 Å². The maximum absolute atomic E-state index is 12.8. The first-order chi connectivity index (χ1) is 11.4. The van der Waals surface area contributed by atoms with Crippen LogP contribution in [0.1, 0.15) is 39.5 Å². The van der Waals surface area contributed by atoms with E-state index in [1.165, 1.54) is 36.7 Å². The Morgan fingerprint density at radius 2 is 1.96 bits per heavy atom. The number of hydrogen-bond acceptors (Lipinski definition) is 2. The van der Waals surface area contributed by atoms with Crippen molar-refractivity contribution in [1.82, 2.24) is 15.1 Å². The van der Waals surface area contributed by atoms with Crippen LogP contribution in [0.4, 0.5) is 13.2 Å². The second kappa shape index (κ2) is 10.6. The average molecular weight is 474 g/mol. The standard InChI is InChI=1S/C17H29F3N4.HI/c1-3-21-16(22-9-8-15-6-4-5-7-15)24-12-10-23(11-13-24)14(2)17(18,19)20;/h6,14H,3-5,7-13H2,1-2H3,(H,21,22);1H. The molecule has 0 saturated carbocycles. The van der Waals surface area contributed by atoms with E-state index < -0.39 is 12.2 Å². The second-order valence-electron chi connectivity index (χ2n) is 6.48. The fourth-order valence-corrected chi connectivity index (χ4v) is 3.22. The van der Waals surface area contributed by atoms with Crippen LogP contribution in [0.15, 0.2) is 16.6 Å². The van der Waals surface area contributed by atoms with Crippen LogP contribution in [0.3, 0.4) is 0 Å². The Bertz CT molecular complexity index is 457. The number of piperazine rings is 1. The van der Waals surface area contributed by atoms with Crippen molar-refractivity contribution in [2.45, 2.75) is 51.7 Å². The summed E-state index contributed by atoms with van der Waals surface area (Å²) in [6.45, 7) is 6.74. The number of halogens is 4. The minimum absolute atomic E-state index is 0. The lowest BCUT2D eigenvalue weighted by molar-refractivity contribution is -0.181. The molecule has 0 aromatic rings. The van der Waals surface area contributed by atoms with Crippen LogP contribution < -0.4 is 5.32 Å². The molecule has 0 spiro atoms. The molecule has 1 fully saturated rings. The van der Waals surface area contributed by atoms with Gasteiger partial charge in [-0.1, -0.05) is 11.6 Å². The summed E-state index contributed by atoms with van der Waals surface area (Å²) in [5, 5.41) is 3.27. The molecule has 1 N–H and O–H groups in total. The maximum Gasteiger partial charge on any atom is 0.403 e. The summed E-state index contributed by atoms with van der Waals surface area (Å²) < 4.78 is 38.5. The van der Waals surface area contributed by atoms with Gasteiger partial charge in [-0.2, -0.15) is 13.2 Å². The molecule has 1 atom stereocenters. The highest BCUT2D eigenvalue weighted by atomic mass is 127. The summed E-state index contributed by atoms with van der Waals surface area (Å²) in [5.41, 5.74) is 1.48. The molecule has 1 aliphatic heterocycles. The number of alkyl halides is 3. The van der Waals surface area contributed by atoms with E-state index in [1.807, 2.05) is 6.92 Å². The zero-order valence-corrected chi connectivity index (χ0v) is 17.4. The van der Waals surface area contributed by atoms with Crippen molar-refractivity contribution < 1.29 is 13.2 Å². The molecule has 1 unspecified atom stereocenters. The highest BCUT2D eigenvalue weighted by molar-refractivity contribution is 14.0. The Kier molecular flexibility index (Phi) is 9.55. The predicted molar refractivity (Wildman–Crippen MR) is 107 cm³/mol. The van der Waals surface area contributed by atoms with Gasteiger partial charge in [0.1, 0.15) is 6.04 Å². The van der Waals surface area contributed by atoms with Gasteiger partial charge in [0.25, 0.3) is 0 Å². The molecule has 0 amide bonds. The van der Waals surface area contributed by atoms with Crippen LogP contribution in [0.5, 0.6) is 0 Å². The molecule has 0 aromatic carbocycles. The molecular weight excluding hydrogens is 444 g/mol. The third kappa shape index (κ3) is 6.96. The first-order valence-electron chi connectivity index (χ1n) is 8.93. The number of nitrogens with one attached hydrogen (secondary N) is 1. The molecule has 0 aromatic heterocycles. The van der Waals surface area contributed by atoms with E-state index >= 15 is 0 Å². The summed E-state index contributed by atoms with van der Waals surface area (Å²) >= 11 is 0. The Hall–Kier alpha value is -0.510. The first kappa shape index (κ1) is 22.5. The molecule has 146 valence electrons. The summed E-state index contributed by atoms with van der Waals surface area (Å²) in [6, 6.07) is -1.38. The smallest absolute Gasteiger partial charge is 0.357 e. The molecule has 2 rings (SSSR count). The summed E-state index contributed by atoms with van der Waals surface area (Å²) in [4.78, 5) is 8.25. The van der Waals surface area contributed by atoms with E-state index in [9.17, 15) is 13.2 Å². The van der Waals surface area contributed by atoms with Crippen LogP contribution in [-0.4, -0.2) is 67.2 Å². The average Bonchev–Trinajstić information content (AvgIpc) is 3.06. The quantitative estimate of drug-likeness (QED) is 0.286. The maximum atomic E-state index is 12.8. The van der Waals surface area contributed by atoms with Gasteiger partial charge in [-0.25, -0.2) is 0 Å². The number of guanidine groups is 1. The van der Waals surface area contributed by atoms with Crippen LogP contribution in [0.25, 0.3) is 0 Å². The van der Waals surface area contributed by atoms with Gasteiger partial charge in [0.2, 0.25) is 0 Å². The largest absolute Gasteiger partial charge is 0.403 e. The fraction of sp³-hybridized carbons (Fsp3) is 0.824. The molecule has 1 heterocycles. The van der Waals surface area contributed by atoms with Gasteiger partial charge >= 0.3 is 6.18 Å². The van der Waals surface area contributed by atoms with Gasteiger partial charge in [-0.05, 0) is 39.5 Å². The van der Waals surface area contributed by atoms with Gasteiger partial charge in [-0.15, -0.1) is 24.0 Å². The molecule has 2 aliphatic rings. The van der Waals surface area contributed by atoms with Crippen molar-refractivity contribution in [3.63, 3.8) is 0 Å². The number of allylic oxidation sites excluding steroid dienone is 1. The van der Waals surface area contributed by atoms with Crippen molar-refractivity contribution in [2.24, 2.45) is 4.99 Å². The van der Waals surface area contributed by atoms with Crippen LogP contribution in [-0.2, 0) is 0 Å². The number of hydrogen-bond donors (Lipinski definition) is 1. The summed E-state index contributed by atoms with van der Waals surface area (Å²) in [6.07, 6.45) is 2.74. The van der Waals surface area contributed by atoms with E-state index in [1.54, 1.807) is 0 Å². The third-order valence-corrected chi connectivity index (χ3v) is 4.80. The number of aliphatic imine (C=N–C) groups is 1. The van der Waals surface area contributed by atoms with Gasteiger partial charge < -0.3 is 10.2 Å². The van der Waals surface area contributed by atoms with E-state index in [2.05, 4.69) is 21.3 Å². The van der Waals surface area contributed by atoms with E-state index in [-0.39, 0.29) is 24.0 Å². The Labute approximate surface area is 165 Å². The molecule has 8 heteroatoms. The minimum Gasteiger partial charge on any atom is -0.357 e. The molecule has 1 saturated heterocycles. The second-order valence-corrected chi connectivity index (χ2v) is 6.48. The van der Waals surface area contributed by atoms with Gasteiger partial charge in [0, 0.05) is 39.3 Å². The van der Waals surface area contributed by atoms with Crippen molar-refractivity contribution in [3.8, 4) is 0 Å².